The number of fused-ring (bicyclic) bond motifs is 1. The zero-order chi connectivity index (χ0) is 17.2. The highest BCUT2D eigenvalue weighted by Crippen LogP contribution is 2.28. The maximum Gasteiger partial charge on any atom is 0.141 e. The van der Waals surface area contributed by atoms with Gasteiger partial charge in [-0.3, -0.25) is 0 Å². The first-order valence-corrected chi connectivity index (χ1v) is 8.56. The summed E-state index contributed by atoms with van der Waals surface area (Å²) in [7, 11) is 0. The van der Waals surface area contributed by atoms with Crippen LogP contribution in [0, 0.1) is 6.92 Å². The molecule has 0 bridgehead atoms. The Morgan fingerprint density at radius 2 is 1.52 bits per heavy atom. The standard InChI is InChI=1S/C22H21N3/c1-16-8-2-3-10-18(16)15-25-21-13-7-6-12-20(21)24-22(25)19-11-5-4-9-17(19)14-23/h2-13H,14-15,23H2,1H3. The Balaban J connectivity index is 1.94. The summed E-state index contributed by atoms with van der Waals surface area (Å²) in [6, 6.07) is 25.1. The summed E-state index contributed by atoms with van der Waals surface area (Å²) < 4.78 is 2.30. The van der Waals surface area contributed by atoms with E-state index in [0.717, 1.165) is 34.5 Å². The molecule has 0 aliphatic heterocycles. The van der Waals surface area contributed by atoms with Crippen molar-refractivity contribution < 1.29 is 0 Å². The smallest absolute Gasteiger partial charge is 0.141 e. The van der Waals surface area contributed by atoms with Crippen molar-refractivity contribution in [3.63, 3.8) is 0 Å². The molecule has 124 valence electrons. The van der Waals surface area contributed by atoms with Gasteiger partial charge in [0.1, 0.15) is 5.82 Å². The second-order valence-electron chi connectivity index (χ2n) is 6.30. The Bertz CT molecular complexity index is 1030. The summed E-state index contributed by atoms with van der Waals surface area (Å²) in [4.78, 5) is 4.92. The lowest BCUT2D eigenvalue weighted by molar-refractivity contribution is 0.826. The molecule has 0 amide bonds. The van der Waals surface area contributed by atoms with Crippen molar-refractivity contribution in [2.24, 2.45) is 5.73 Å². The molecule has 4 aromatic rings. The van der Waals surface area contributed by atoms with Gasteiger partial charge in [0, 0.05) is 18.7 Å². The summed E-state index contributed by atoms with van der Waals surface area (Å²) >= 11 is 0. The van der Waals surface area contributed by atoms with Gasteiger partial charge >= 0.3 is 0 Å². The van der Waals surface area contributed by atoms with Crippen LogP contribution in [0.1, 0.15) is 16.7 Å². The monoisotopic (exact) mass is 327 g/mol. The highest BCUT2D eigenvalue weighted by Gasteiger charge is 2.15. The predicted molar refractivity (Wildman–Crippen MR) is 103 cm³/mol. The van der Waals surface area contributed by atoms with Crippen LogP contribution < -0.4 is 5.73 Å². The molecule has 0 unspecified atom stereocenters. The second-order valence-corrected chi connectivity index (χ2v) is 6.30. The fraction of sp³-hybridized carbons (Fsp3) is 0.136. The number of imidazole rings is 1. The van der Waals surface area contributed by atoms with Crippen LogP contribution in [0.25, 0.3) is 22.4 Å². The zero-order valence-electron chi connectivity index (χ0n) is 14.3. The molecule has 3 aromatic carbocycles. The van der Waals surface area contributed by atoms with E-state index in [-0.39, 0.29) is 0 Å². The lowest BCUT2D eigenvalue weighted by atomic mass is 10.1. The molecule has 25 heavy (non-hydrogen) atoms. The molecule has 4 rings (SSSR count). The van der Waals surface area contributed by atoms with Gasteiger partial charge < -0.3 is 10.3 Å². The Morgan fingerprint density at radius 3 is 2.32 bits per heavy atom. The van der Waals surface area contributed by atoms with Crippen molar-refractivity contribution in [2.45, 2.75) is 20.0 Å². The average molecular weight is 327 g/mol. The summed E-state index contributed by atoms with van der Waals surface area (Å²) in [5.41, 5.74) is 12.9. The molecule has 1 heterocycles. The quantitative estimate of drug-likeness (QED) is 0.599. The number of aryl methyl sites for hydroxylation is 1. The number of nitrogens with zero attached hydrogens (tertiary/aromatic N) is 2. The lowest BCUT2D eigenvalue weighted by Gasteiger charge is -2.13. The Labute approximate surface area is 147 Å². The maximum absolute atomic E-state index is 5.97. The van der Waals surface area contributed by atoms with Crippen molar-refractivity contribution in [1.82, 2.24) is 9.55 Å². The number of rotatable bonds is 4. The van der Waals surface area contributed by atoms with Gasteiger partial charge in [-0.05, 0) is 35.7 Å². The molecule has 0 fully saturated rings. The van der Waals surface area contributed by atoms with Crippen LogP contribution in [-0.2, 0) is 13.1 Å². The van der Waals surface area contributed by atoms with Crippen LogP contribution in [0.4, 0.5) is 0 Å². The minimum Gasteiger partial charge on any atom is -0.326 e. The number of para-hydroxylation sites is 2. The normalized spacial score (nSPS) is 11.1. The molecule has 0 aliphatic rings. The highest BCUT2D eigenvalue weighted by molar-refractivity contribution is 5.81. The molecule has 0 saturated heterocycles. The van der Waals surface area contributed by atoms with Crippen LogP contribution in [0.5, 0.6) is 0 Å². The predicted octanol–water partition coefficient (Wildman–Crippen LogP) is 4.52. The Morgan fingerprint density at radius 1 is 0.840 bits per heavy atom. The number of hydrogen-bond donors (Lipinski definition) is 1. The van der Waals surface area contributed by atoms with E-state index in [1.807, 2.05) is 18.2 Å². The summed E-state index contributed by atoms with van der Waals surface area (Å²) in [6.07, 6.45) is 0. The fourth-order valence-corrected chi connectivity index (χ4v) is 3.32. The van der Waals surface area contributed by atoms with Crippen molar-refractivity contribution in [1.29, 1.82) is 0 Å². The van der Waals surface area contributed by atoms with Gasteiger partial charge in [-0.25, -0.2) is 4.98 Å². The van der Waals surface area contributed by atoms with Crippen LogP contribution >= 0.6 is 0 Å². The van der Waals surface area contributed by atoms with Crippen molar-refractivity contribution in [2.75, 3.05) is 0 Å². The summed E-state index contributed by atoms with van der Waals surface area (Å²) in [6.45, 7) is 3.45. The van der Waals surface area contributed by atoms with Gasteiger partial charge in [-0.2, -0.15) is 0 Å². The second kappa shape index (κ2) is 6.54. The van der Waals surface area contributed by atoms with Crippen LogP contribution in [0.3, 0.4) is 0 Å². The molecule has 3 nitrogen and oxygen atoms in total. The topological polar surface area (TPSA) is 43.8 Å². The van der Waals surface area contributed by atoms with Gasteiger partial charge in [0.05, 0.1) is 11.0 Å². The summed E-state index contributed by atoms with van der Waals surface area (Å²) in [5, 5.41) is 0. The SMILES string of the molecule is Cc1ccccc1Cn1c(-c2ccccc2CN)nc2ccccc21. The van der Waals surface area contributed by atoms with Gasteiger partial charge in [0.15, 0.2) is 0 Å². The molecular weight excluding hydrogens is 306 g/mol. The van der Waals surface area contributed by atoms with E-state index in [9.17, 15) is 0 Å². The van der Waals surface area contributed by atoms with Crippen LogP contribution in [0.15, 0.2) is 72.8 Å². The largest absolute Gasteiger partial charge is 0.326 e. The van der Waals surface area contributed by atoms with E-state index >= 15 is 0 Å². The first-order valence-electron chi connectivity index (χ1n) is 8.56. The molecule has 2 N–H and O–H groups in total. The van der Waals surface area contributed by atoms with Crippen LogP contribution in [0.2, 0.25) is 0 Å². The number of nitrogens with two attached hydrogens (primary N) is 1. The third-order valence-electron chi connectivity index (χ3n) is 4.72. The molecule has 0 atom stereocenters. The molecule has 0 radical (unpaired) electrons. The minimum absolute atomic E-state index is 0.504. The van der Waals surface area contributed by atoms with E-state index < -0.39 is 0 Å². The maximum atomic E-state index is 5.97. The number of hydrogen-bond acceptors (Lipinski definition) is 2. The first-order chi connectivity index (χ1) is 12.3. The zero-order valence-corrected chi connectivity index (χ0v) is 14.3. The average Bonchev–Trinajstić information content (AvgIpc) is 3.02. The fourth-order valence-electron chi connectivity index (χ4n) is 3.32. The minimum atomic E-state index is 0.504. The van der Waals surface area contributed by atoms with Gasteiger partial charge in [0.25, 0.3) is 0 Å². The first kappa shape index (κ1) is 15.6. The molecule has 3 heteroatoms. The third kappa shape index (κ3) is 2.83. The molecule has 0 saturated carbocycles. The number of benzene rings is 3. The van der Waals surface area contributed by atoms with Crippen molar-refractivity contribution in [3.8, 4) is 11.4 Å². The van der Waals surface area contributed by atoms with E-state index in [0.29, 0.717) is 6.54 Å². The molecule has 0 spiro atoms. The number of aromatic nitrogens is 2. The van der Waals surface area contributed by atoms with Crippen LogP contribution in [-0.4, -0.2) is 9.55 Å². The third-order valence-corrected chi connectivity index (χ3v) is 4.72. The van der Waals surface area contributed by atoms with Gasteiger partial charge in [-0.15, -0.1) is 0 Å². The Hall–Kier alpha value is -2.91. The van der Waals surface area contributed by atoms with E-state index in [2.05, 4.69) is 66.1 Å². The van der Waals surface area contributed by atoms with E-state index in [1.54, 1.807) is 0 Å². The van der Waals surface area contributed by atoms with Gasteiger partial charge in [0.2, 0.25) is 0 Å². The van der Waals surface area contributed by atoms with E-state index in [4.69, 9.17) is 10.7 Å². The molecule has 0 aliphatic carbocycles. The highest BCUT2D eigenvalue weighted by atomic mass is 15.1. The Kier molecular flexibility index (Phi) is 4.08. The lowest BCUT2D eigenvalue weighted by Crippen LogP contribution is -2.06. The van der Waals surface area contributed by atoms with Gasteiger partial charge in [-0.1, -0.05) is 60.7 Å². The summed E-state index contributed by atoms with van der Waals surface area (Å²) in [5.74, 6) is 0.977. The molecular formula is C22H21N3. The molecule has 1 aromatic heterocycles. The van der Waals surface area contributed by atoms with Crippen molar-refractivity contribution in [3.05, 3.63) is 89.5 Å². The van der Waals surface area contributed by atoms with E-state index in [1.165, 1.54) is 11.1 Å². The van der Waals surface area contributed by atoms with Crippen molar-refractivity contribution >= 4 is 11.0 Å².